The molecule has 1 aliphatic heterocycles. The van der Waals surface area contributed by atoms with Crippen molar-refractivity contribution in [1.29, 1.82) is 0 Å². The lowest BCUT2D eigenvalue weighted by Crippen LogP contribution is -2.43. The van der Waals surface area contributed by atoms with Crippen LogP contribution in [-0.4, -0.2) is 34.3 Å². The predicted molar refractivity (Wildman–Crippen MR) is 103 cm³/mol. The molecule has 2 atom stereocenters. The summed E-state index contributed by atoms with van der Waals surface area (Å²) in [4.78, 5) is 25.5. The van der Waals surface area contributed by atoms with E-state index in [1.54, 1.807) is 0 Å². The number of hydrogen-bond acceptors (Lipinski definition) is 5. The fourth-order valence-electron chi connectivity index (χ4n) is 3.80. The largest absolute Gasteiger partial charge is 0.443 e. The van der Waals surface area contributed by atoms with Crippen molar-refractivity contribution in [1.82, 2.24) is 10.0 Å². The Balaban J connectivity index is 1.42. The molecule has 1 saturated heterocycles. The van der Waals surface area contributed by atoms with E-state index in [9.17, 15) is 9.59 Å². The van der Waals surface area contributed by atoms with Crippen molar-refractivity contribution >= 4 is 12.2 Å². The van der Waals surface area contributed by atoms with Crippen LogP contribution in [0.5, 0.6) is 0 Å². The summed E-state index contributed by atoms with van der Waals surface area (Å²) in [6.07, 6.45) is 2.83. The molecular weight excluding hydrogens is 356 g/mol. The molecule has 2 amide bonds. The van der Waals surface area contributed by atoms with Crippen LogP contribution >= 0.6 is 0 Å². The number of carbonyl (C=O) groups excluding carboxylic acids is 2. The number of carbonyl (C=O) groups is 2. The van der Waals surface area contributed by atoms with Gasteiger partial charge < -0.3 is 9.47 Å². The summed E-state index contributed by atoms with van der Waals surface area (Å²) >= 11 is 0. The Morgan fingerprint density at radius 1 is 0.786 bits per heavy atom. The van der Waals surface area contributed by atoms with E-state index in [0.717, 1.165) is 41.8 Å². The van der Waals surface area contributed by atoms with Crippen molar-refractivity contribution in [2.24, 2.45) is 0 Å². The van der Waals surface area contributed by atoms with E-state index in [1.165, 1.54) is 0 Å². The fraction of sp³-hybridized carbons (Fsp3) is 0.364. The van der Waals surface area contributed by atoms with Gasteiger partial charge in [-0.25, -0.2) is 9.59 Å². The first-order valence-corrected chi connectivity index (χ1v) is 9.74. The molecule has 2 aromatic rings. The SMILES string of the molecule is O=C(OCc1ccccc1)N(C(=O)OCc1ccccc1)N1C2CCCCC21. The van der Waals surface area contributed by atoms with Crippen LogP contribution in [0.25, 0.3) is 0 Å². The molecule has 2 aliphatic rings. The van der Waals surface area contributed by atoms with Crippen LogP contribution in [0.3, 0.4) is 0 Å². The van der Waals surface area contributed by atoms with Crippen LogP contribution in [0, 0.1) is 0 Å². The van der Waals surface area contributed by atoms with Gasteiger partial charge in [0.05, 0.1) is 0 Å². The topological polar surface area (TPSA) is 58.9 Å². The van der Waals surface area contributed by atoms with E-state index < -0.39 is 12.2 Å². The lowest BCUT2D eigenvalue weighted by Gasteiger charge is -2.21. The summed E-state index contributed by atoms with van der Waals surface area (Å²) in [7, 11) is 0. The highest BCUT2D eigenvalue weighted by Gasteiger charge is 2.56. The second-order valence-electron chi connectivity index (χ2n) is 7.19. The molecule has 0 radical (unpaired) electrons. The molecule has 0 spiro atoms. The Morgan fingerprint density at radius 2 is 1.21 bits per heavy atom. The third-order valence-electron chi connectivity index (χ3n) is 5.27. The average Bonchev–Trinajstić information content (AvgIpc) is 3.46. The minimum atomic E-state index is -0.684. The highest BCUT2D eigenvalue weighted by atomic mass is 16.6. The summed E-state index contributed by atoms with van der Waals surface area (Å²) in [6, 6.07) is 19.3. The Labute approximate surface area is 164 Å². The molecule has 1 saturated carbocycles. The van der Waals surface area contributed by atoms with E-state index in [-0.39, 0.29) is 25.3 Å². The van der Waals surface area contributed by atoms with Crippen molar-refractivity contribution in [3.63, 3.8) is 0 Å². The minimum Gasteiger partial charge on any atom is -0.443 e. The zero-order chi connectivity index (χ0) is 19.3. The van der Waals surface area contributed by atoms with Crippen LogP contribution in [-0.2, 0) is 22.7 Å². The van der Waals surface area contributed by atoms with Gasteiger partial charge in [0, 0.05) is 12.1 Å². The van der Waals surface area contributed by atoms with Crippen molar-refractivity contribution in [2.45, 2.75) is 51.0 Å². The Hall–Kier alpha value is -2.86. The van der Waals surface area contributed by atoms with Gasteiger partial charge in [0.25, 0.3) is 0 Å². The molecule has 0 bridgehead atoms. The fourth-order valence-corrected chi connectivity index (χ4v) is 3.80. The molecule has 1 aliphatic carbocycles. The van der Waals surface area contributed by atoms with Gasteiger partial charge >= 0.3 is 12.2 Å². The zero-order valence-corrected chi connectivity index (χ0v) is 15.7. The summed E-state index contributed by atoms with van der Waals surface area (Å²) in [5.74, 6) is 0. The van der Waals surface area contributed by atoms with Crippen LogP contribution in [0.4, 0.5) is 9.59 Å². The molecule has 6 heteroatoms. The van der Waals surface area contributed by atoms with Crippen LogP contribution in [0.2, 0.25) is 0 Å². The van der Waals surface area contributed by atoms with Gasteiger partial charge in [0.1, 0.15) is 13.2 Å². The first kappa shape index (κ1) is 18.5. The number of ether oxygens (including phenoxy) is 2. The number of nitrogens with zero attached hydrogens (tertiary/aromatic N) is 2. The van der Waals surface area contributed by atoms with Crippen LogP contribution < -0.4 is 0 Å². The first-order chi connectivity index (χ1) is 13.7. The van der Waals surface area contributed by atoms with Crippen LogP contribution in [0.15, 0.2) is 60.7 Å². The van der Waals surface area contributed by atoms with Gasteiger partial charge in [-0.3, -0.25) is 0 Å². The Kier molecular flexibility index (Phi) is 5.58. The second-order valence-corrected chi connectivity index (χ2v) is 7.19. The second kappa shape index (κ2) is 8.44. The molecule has 0 aromatic heterocycles. The van der Waals surface area contributed by atoms with Gasteiger partial charge in [-0.2, -0.15) is 5.01 Å². The number of amides is 2. The van der Waals surface area contributed by atoms with E-state index in [4.69, 9.17) is 9.47 Å². The van der Waals surface area contributed by atoms with E-state index in [1.807, 2.05) is 65.7 Å². The molecule has 2 aromatic carbocycles. The normalized spacial score (nSPS) is 22.6. The van der Waals surface area contributed by atoms with E-state index >= 15 is 0 Å². The van der Waals surface area contributed by atoms with Crippen molar-refractivity contribution in [3.05, 3.63) is 71.8 Å². The molecule has 4 rings (SSSR count). The Morgan fingerprint density at radius 3 is 1.64 bits per heavy atom. The number of benzene rings is 2. The summed E-state index contributed by atoms with van der Waals surface area (Å²) in [5, 5.41) is 2.89. The standard InChI is InChI=1S/C22H24N2O4/c25-21(27-15-17-9-3-1-4-10-17)24(23-19-13-7-8-14-20(19)23)22(26)28-16-18-11-5-2-6-12-18/h1-6,9-12,19-20H,7-8,13-16H2. The van der Waals surface area contributed by atoms with Crippen molar-refractivity contribution in [3.8, 4) is 0 Å². The quantitative estimate of drug-likeness (QED) is 0.715. The van der Waals surface area contributed by atoms with Crippen molar-refractivity contribution in [2.75, 3.05) is 0 Å². The molecule has 6 nitrogen and oxygen atoms in total. The zero-order valence-electron chi connectivity index (χ0n) is 15.7. The van der Waals surface area contributed by atoms with Crippen LogP contribution in [0.1, 0.15) is 36.8 Å². The van der Waals surface area contributed by atoms with Crippen molar-refractivity contribution < 1.29 is 19.1 Å². The average molecular weight is 380 g/mol. The minimum absolute atomic E-state index is 0.116. The third-order valence-corrected chi connectivity index (χ3v) is 5.27. The number of fused-ring (bicyclic) bond motifs is 1. The molecule has 28 heavy (non-hydrogen) atoms. The lowest BCUT2D eigenvalue weighted by molar-refractivity contribution is 0.0163. The van der Waals surface area contributed by atoms with E-state index in [2.05, 4.69) is 0 Å². The summed E-state index contributed by atoms with van der Waals surface area (Å²) in [6.45, 7) is 0.233. The molecule has 146 valence electrons. The molecular formula is C22H24N2O4. The number of hydrogen-bond donors (Lipinski definition) is 0. The van der Waals surface area contributed by atoms with Gasteiger partial charge in [-0.15, -0.1) is 5.01 Å². The maximum atomic E-state index is 12.8. The molecule has 1 heterocycles. The molecule has 0 N–H and O–H groups in total. The van der Waals surface area contributed by atoms with Gasteiger partial charge in [0.2, 0.25) is 0 Å². The molecule has 2 fully saturated rings. The van der Waals surface area contributed by atoms with Gasteiger partial charge in [-0.05, 0) is 24.0 Å². The third kappa shape index (κ3) is 4.17. The Bertz CT molecular complexity index is 744. The highest BCUT2D eigenvalue weighted by Crippen LogP contribution is 2.42. The number of imide groups is 1. The maximum absolute atomic E-state index is 12.8. The maximum Gasteiger partial charge on any atom is 0.434 e. The highest BCUT2D eigenvalue weighted by molar-refractivity contribution is 5.87. The smallest absolute Gasteiger partial charge is 0.434 e. The summed E-state index contributed by atoms with van der Waals surface area (Å²) in [5.41, 5.74) is 1.74. The number of rotatable bonds is 5. The molecule has 2 unspecified atom stereocenters. The lowest BCUT2D eigenvalue weighted by atomic mass is 10.0. The van der Waals surface area contributed by atoms with Gasteiger partial charge in [0.15, 0.2) is 0 Å². The summed E-state index contributed by atoms with van der Waals surface area (Å²) < 4.78 is 10.8. The van der Waals surface area contributed by atoms with E-state index in [0.29, 0.717) is 0 Å². The van der Waals surface area contributed by atoms with Gasteiger partial charge in [-0.1, -0.05) is 73.5 Å². The monoisotopic (exact) mass is 380 g/mol. The first-order valence-electron chi connectivity index (χ1n) is 9.74. The predicted octanol–water partition coefficient (Wildman–Crippen LogP) is 4.50. The number of hydrazine groups is 1.